The van der Waals surface area contributed by atoms with Crippen molar-refractivity contribution in [1.29, 1.82) is 0 Å². The zero-order valence-corrected chi connectivity index (χ0v) is 11.2. The third-order valence-corrected chi connectivity index (χ3v) is 5.29. The van der Waals surface area contributed by atoms with Crippen molar-refractivity contribution >= 4 is 47.6 Å². The van der Waals surface area contributed by atoms with Gasteiger partial charge in [0, 0.05) is 0 Å². The predicted octanol–water partition coefficient (Wildman–Crippen LogP) is 3.41. The lowest BCUT2D eigenvalue weighted by atomic mass is 10.1. The van der Waals surface area contributed by atoms with Gasteiger partial charge < -0.3 is 0 Å². The number of hydrogen-bond donors (Lipinski definition) is 0. The molecule has 13 heavy (non-hydrogen) atoms. The third-order valence-electron chi connectivity index (χ3n) is 2.25. The second-order valence-electron chi connectivity index (χ2n) is 3.13. The van der Waals surface area contributed by atoms with Crippen molar-refractivity contribution in [3.8, 4) is 0 Å². The minimum Gasteiger partial charge on any atom is -0.166 e. The molecule has 0 bridgehead atoms. The topological polar surface area (TPSA) is 0 Å². The first-order valence-corrected chi connectivity index (χ1v) is 8.27. The summed E-state index contributed by atoms with van der Waals surface area (Å²) in [5.74, 6) is 0. The third kappa shape index (κ3) is 2.21. The Hall–Kier alpha value is 0.307. The van der Waals surface area contributed by atoms with E-state index >= 15 is 0 Å². The van der Waals surface area contributed by atoms with Crippen LogP contribution in [-0.2, 0) is 0 Å². The molecule has 0 radical (unpaired) electrons. The molecule has 0 amide bonds. The van der Waals surface area contributed by atoms with Crippen LogP contribution in [-0.4, -0.2) is 8.11 Å². The van der Waals surface area contributed by atoms with Crippen LogP contribution in [0.25, 0.3) is 0 Å². The molecule has 0 aliphatic heterocycles. The molecule has 1 atom stereocenters. The molecule has 1 rings (SSSR count). The largest absolute Gasteiger partial charge is 0.168 e. The highest BCUT2D eigenvalue weighted by atomic mass is 35.6. The number of rotatable bonds is 1. The number of halogens is 3. The van der Waals surface area contributed by atoms with Gasteiger partial charge in [0.05, 0.1) is 10.0 Å². The molecule has 0 heterocycles. The quantitative estimate of drug-likeness (QED) is 0.531. The maximum absolute atomic E-state index is 6.14. The zero-order valence-electron chi connectivity index (χ0n) is 7.79. The molecule has 0 N–H and O–H groups in total. The molecule has 0 aromatic heterocycles. The van der Waals surface area contributed by atoms with Crippen molar-refractivity contribution in [2.45, 2.75) is 20.4 Å². The first kappa shape index (κ1) is 11.4. The van der Waals surface area contributed by atoms with E-state index in [9.17, 15) is 0 Å². The highest BCUT2D eigenvalue weighted by Gasteiger charge is 2.13. The smallest absolute Gasteiger partial charge is 0.166 e. The molecule has 0 aliphatic rings. The van der Waals surface area contributed by atoms with E-state index < -0.39 is 8.11 Å². The fourth-order valence-corrected chi connectivity index (χ4v) is 3.73. The van der Waals surface area contributed by atoms with E-state index in [1.807, 2.05) is 19.9 Å². The lowest BCUT2D eigenvalue weighted by Crippen LogP contribution is -2.24. The highest BCUT2D eigenvalue weighted by molar-refractivity contribution is 7.13. The van der Waals surface area contributed by atoms with Crippen LogP contribution in [0.4, 0.5) is 0 Å². The summed E-state index contributed by atoms with van der Waals surface area (Å²) < 4.78 is 0. The number of benzene rings is 1. The van der Waals surface area contributed by atoms with Crippen LogP contribution in [0.3, 0.4) is 0 Å². The maximum atomic E-state index is 6.14. The van der Waals surface area contributed by atoms with E-state index in [1.54, 1.807) is 0 Å². The monoisotopic (exact) mass is 252 g/mol. The van der Waals surface area contributed by atoms with E-state index in [1.165, 1.54) is 10.8 Å². The van der Waals surface area contributed by atoms with Crippen molar-refractivity contribution in [2.24, 2.45) is 0 Å². The van der Waals surface area contributed by atoms with E-state index in [0.29, 0.717) is 10.0 Å². The van der Waals surface area contributed by atoms with Gasteiger partial charge in [-0.05, 0) is 36.2 Å². The average Bonchev–Trinajstić information content (AvgIpc) is 2.07. The van der Waals surface area contributed by atoms with Gasteiger partial charge in [0.15, 0.2) is 8.11 Å². The first-order chi connectivity index (χ1) is 5.95. The molecule has 1 aromatic carbocycles. The fourth-order valence-electron chi connectivity index (χ4n) is 1.28. The van der Waals surface area contributed by atoms with Gasteiger partial charge >= 0.3 is 0 Å². The highest BCUT2D eigenvalue weighted by Crippen LogP contribution is 2.26. The molecule has 0 aliphatic carbocycles. The second-order valence-corrected chi connectivity index (χ2v) is 7.73. The Balaban J connectivity index is 3.41. The van der Waals surface area contributed by atoms with Crippen LogP contribution in [0.5, 0.6) is 0 Å². The van der Waals surface area contributed by atoms with E-state index in [4.69, 9.17) is 34.3 Å². The summed E-state index contributed by atoms with van der Waals surface area (Å²) in [4.78, 5) is 0. The summed E-state index contributed by atoms with van der Waals surface area (Å²) >= 11 is 18.1. The molecule has 0 saturated carbocycles. The maximum Gasteiger partial charge on any atom is 0.168 e. The van der Waals surface area contributed by atoms with Crippen molar-refractivity contribution in [1.82, 2.24) is 0 Å². The Morgan fingerprint density at radius 1 is 1.15 bits per heavy atom. The van der Waals surface area contributed by atoms with Crippen molar-refractivity contribution in [3.63, 3.8) is 0 Å². The van der Waals surface area contributed by atoms with E-state index in [2.05, 4.69) is 6.55 Å². The van der Waals surface area contributed by atoms with Gasteiger partial charge in [-0.3, -0.25) is 0 Å². The second kappa shape index (κ2) is 4.22. The minimum atomic E-state index is -1.32. The van der Waals surface area contributed by atoms with Crippen LogP contribution >= 0.6 is 34.3 Å². The minimum absolute atomic E-state index is 0.611. The van der Waals surface area contributed by atoms with Gasteiger partial charge in [-0.2, -0.15) is 11.1 Å². The molecule has 0 spiro atoms. The van der Waals surface area contributed by atoms with Gasteiger partial charge in [0.2, 0.25) is 0 Å². The summed E-state index contributed by atoms with van der Waals surface area (Å²) in [7, 11) is -1.32. The molecule has 1 aromatic rings. The lowest BCUT2D eigenvalue weighted by molar-refractivity contribution is 1.36. The zero-order chi connectivity index (χ0) is 10.2. The Morgan fingerprint density at radius 3 is 2.15 bits per heavy atom. The Morgan fingerprint density at radius 2 is 1.69 bits per heavy atom. The van der Waals surface area contributed by atoms with Gasteiger partial charge in [0.25, 0.3) is 0 Å². The van der Waals surface area contributed by atoms with Crippen LogP contribution in [0.15, 0.2) is 6.07 Å². The molecule has 1 unspecified atom stereocenters. The molecule has 4 heteroatoms. The SMILES string of the molecule is Cc1c([SiH](C)Cl)cc(Cl)c(Cl)c1C. The van der Waals surface area contributed by atoms with Gasteiger partial charge in [-0.15, -0.1) is 0 Å². The molecule has 0 fully saturated rings. The summed E-state index contributed by atoms with van der Waals surface area (Å²) in [6, 6.07) is 1.90. The van der Waals surface area contributed by atoms with Crippen LogP contribution < -0.4 is 5.19 Å². The normalized spacial score (nSPS) is 13.1. The molecule has 0 nitrogen and oxygen atoms in total. The predicted molar refractivity (Wildman–Crippen MR) is 64.4 cm³/mol. The fraction of sp³-hybridized carbons (Fsp3) is 0.333. The van der Waals surface area contributed by atoms with E-state index in [-0.39, 0.29) is 0 Å². The van der Waals surface area contributed by atoms with Gasteiger partial charge in [0.1, 0.15) is 0 Å². The van der Waals surface area contributed by atoms with Crippen LogP contribution in [0, 0.1) is 13.8 Å². The Bertz CT molecular complexity index is 334. The Labute approximate surface area is 95.1 Å². The first-order valence-electron chi connectivity index (χ1n) is 4.04. The molecule has 0 saturated heterocycles. The summed E-state index contributed by atoms with van der Waals surface area (Å²) in [6.45, 7) is 6.08. The summed E-state index contributed by atoms with van der Waals surface area (Å²) in [5, 5.41) is 2.45. The van der Waals surface area contributed by atoms with E-state index in [0.717, 1.165) is 5.56 Å². The van der Waals surface area contributed by atoms with Gasteiger partial charge in [-0.1, -0.05) is 29.7 Å². The number of hydrogen-bond acceptors (Lipinski definition) is 0. The molecular formula is C9H11Cl3Si. The summed E-state index contributed by atoms with van der Waals surface area (Å²) in [6.07, 6.45) is 0. The average molecular weight is 254 g/mol. The Kier molecular flexibility index (Phi) is 3.70. The van der Waals surface area contributed by atoms with Crippen molar-refractivity contribution in [3.05, 3.63) is 27.2 Å². The summed E-state index contributed by atoms with van der Waals surface area (Å²) in [5.41, 5.74) is 2.23. The molecule has 72 valence electrons. The lowest BCUT2D eigenvalue weighted by Gasteiger charge is -2.12. The van der Waals surface area contributed by atoms with Crippen molar-refractivity contribution in [2.75, 3.05) is 0 Å². The molecular weight excluding hydrogens is 243 g/mol. The van der Waals surface area contributed by atoms with Crippen molar-refractivity contribution < 1.29 is 0 Å². The van der Waals surface area contributed by atoms with Crippen LogP contribution in [0.1, 0.15) is 11.1 Å². The standard InChI is InChI=1S/C9H11Cl3Si/c1-5-6(2)9(11)7(10)4-8(5)13(3)12/h4,13H,1-3H3. The van der Waals surface area contributed by atoms with Crippen LogP contribution in [0.2, 0.25) is 16.6 Å². The van der Waals surface area contributed by atoms with Gasteiger partial charge in [-0.25, -0.2) is 0 Å².